The number of fused-ring (bicyclic) bond motifs is 1. The van der Waals surface area contributed by atoms with Crippen molar-refractivity contribution in [2.24, 2.45) is 0 Å². The van der Waals surface area contributed by atoms with Gasteiger partial charge in [0.2, 0.25) is 15.8 Å². The topological polar surface area (TPSA) is 112 Å². The van der Waals surface area contributed by atoms with Gasteiger partial charge in [-0.2, -0.15) is 4.98 Å². The molecule has 0 amide bonds. The molecule has 0 unspecified atom stereocenters. The molecule has 6 nitrogen and oxygen atoms in total. The predicted octanol–water partition coefficient (Wildman–Crippen LogP) is 3.92. The van der Waals surface area contributed by atoms with Crippen LogP contribution in [0.4, 0.5) is 11.8 Å². The first-order valence-corrected chi connectivity index (χ1v) is 11.2. The number of hydrogen-bond acceptors (Lipinski definition) is 7. The fourth-order valence-corrected chi connectivity index (χ4v) is 5.05. The molecule has 29 heavy (non-hydrogen) atoms. The lowest BCUT2D eigenvalue weighted by Gasteiger charge is -2.08. The zero-order chi connectivity index (χ0) is 20.4. The molecular weight excluding hydrogens is 404 g/mol. The maximum absolute atomic E-state index is 12.7. The number of sulfone groups is 1. The summed E-state index contributed by atoms with van der Waals surface area (Å²) in [5.41, 5.74) is 13.3. The SMILES string of the molecule is Nc1nc(N)c2cc(CSc3ccc(S(=O)(=O)c4ccccc4)cc3)ccc2n1. The van der Waals surface area contributed by atoms with Crippen LogP contribution in [-0.4, -0.2) is 18.4 Å². The first-order chi connectivity index (χ1) is 13.9. The minimum atomic E-state index is -3.50. The Bertz CT molecular complexity index is 1280. The van der Waals surface area contributed by atoms with Gasteiger partial charge in [-0.1, -0.05) is 24.3 Å². The van der Waals surface area contributed by atoms with Crippen LogP contribution in [0.25, 0.3) is 10.9 Å². The summed E-state index contributed by atoms with van der Waals surface area (Å²) < 4.78 is 25.3. The zero-order valence-electron chi connectivity index (χ0n) is 15.3. The fourth-order valence-electron chi connectivity index (χ4n) is 2.93. The standard InChI is InChI=1S/C21H18N4O2S2/c22-20-18-12-14(6-11-19(18)24-21(23)25-20)13-28-15-7-9-17(10-8-15)29(26,27)16-4-2-1-3-5-16/h1-12H,13H2,(H4,22,23,24,25). The second-order valence-corrected chi connectivity index (χ2v) is 9.39. The van der Waals surface area contributed by atoms with E-state index in [2.05, 4.69) is 9.97 Å². The zero-order valence-corrected chi connectivity index (χ0v) is 17.0. The van der Waals surface area contributed by atoms with E-state index in [0.29, 0.717) is 17.1 Å². The summed E-state index contributed by atoms with van der Waals surface area (Å²) in [4.78, 5) is 9.71. The van der Waals surface area contributed by atoms with Gasteiger partial charge in [0.15, 0.2) is 0 Å². The maximum atomic E-state index is 12.7. The van der Waals surface area contributed by atoms with Gasteiger partial charge in [-0.25, -0.2) is 13.4 Å². The number of nitrogens with zero attached hydrogens (tertiary/aromatic N) is 2. The van der Waals surface area contributed by atoms with E-state index < -0.39 is 9.84 Å². The van der Waals surface area contributed by atoms with Crippen LogP contribution in [0.3, 0.4) is 0 Å². The number of nitrogens with two attached hydrogens (primary N) is 2. The van der Waals surface area contributed by atoms with Gasteiger partial charge in [-0.3, -0.25) is 0 Å². The van der Waals surface area contributed by atoms with E-state index >= 15 is 0 Å². The highest BCUT2D eigenvalue weighted by Crippen LogP contribution is 2.28. The molecule has 3 aromatic carbocycles. The van der Waals surface area contributed by atoms with Crippen molar-refractivity contribution in [3.05, 3.63) is 78.4 Å². The van der Waals surface area contributed by atoms with Crippen LogP contribution in [-0.2, 0) is 15.6 Å². The van der Waals surface area contributed by atoms with Gasteiger partial charge < -0.3 is 11.5 Å². The number of thioether (sulfide) groups is 1. The van der Waals surface area contributed by atoms with E-state index in [1.807, 2.05) is 30.3 Å². The highest BCUT2D eigenvalue weighted by Gasteiger charge is 2.16. The van der Waals surface area contributed by atoms with Gasteiger partial charge in [-0.15, -0.1) is 11.8 Å². The Kier molecular flexibility index (Phi) is 5.12. The van der Waals surface area contributed by atoms with Crippen LogP contribution in [0.1, 0.15) is 5.56 Å². The Labute approximate surface area is 172 Å². The van der Waals surface area contributed by atoms with Gasteiger partial charge in [0.05, 0.1) is 15.3 Å². The van der Waals surface area contributed by atoms with Crippen molar-refractivity contribution in [3.63, 3.8) is 0 Å². The lowest BCUT2D eigenvalue weighted by molar-refractivity contribution is 0.596. The molecule has 0 aliphatic rings. The molecule has 0 aliphatic carbocycles. The summed E-state index contributed by atoms with van der Waals surface area (Å²) in [6.07, 6.45) is 0. The number of benzene rings is 3. The number of anilines is 2. The minimum absolute atomic E-state index is 0.155. The van der Waals surface area contributed by atoms with E-state index in [9.17, 15) is 8.42 Å². The molecule has 0 radical (unpaired) electrons. The Morgan fingerprint density at radius 2 is 1.52 bits per heavy atom. The lowest BCUT2D eigenvalue weighted by atomic mass is 10.1. The first-order valence-electron chi connectivity index (χ1n) is 8.78. The van der Waals surface area contributed by atoms with Gasteiger partial charge in [0, 0.05) is 16.0 Å². The summed E-state index contributed by atoms with van der Waals surface area (Å²) in [5, 5.41) is 0.765. The number of hydrogen-bond donors (Lipinski definition) is 2. The molecule has 0 atom stereocenters. The van der Waals surface area contributed by atoms with E-state index in [1.54, 1.807) is 54.2 Å². The smallest absolute Gasteiger partial charge is 0.222 e. The van der Waals surface area contributed by atoms with Crippen LogP contribution < -0.4 is 11.5 Å². The third kappa shape index (κ3) is 4.03. The van der Waals surface area contributed by atoms with Gasteiger partial charge in [-0.05, 0) is 54.1 Å². The largest absolute Gasteiger partial charge is 0.383 e. The second kappa shape index (κ2) is 7.73. The molecule has 1 aromatic heterocycles. The van der Waals surface area contributed by atoms with Crippen molar-refractivity contribution in [2.45, 2.75) is 20.4 Å². The second-order valence-electron chi connectivity index (χ2n) is 6.40. The highest BCUT2D eigenvalue weighted by atomic mass is 32.2. The van der Waals surface area contributed by atoms with Gasteiger partial charge in [0.1, 0.15) is 5.82 Å². The summed E-state index contributed by atoms with van der Waals surface area (Å²) in [6, 6.07) is 21.1. The van der Waals surface area contributed by atoms with Crippen molar-refractivity contribution in [1.29, 1.82) is 0 Å². The molecule has 1 heterocycles. The van der Waals surface area contributed by atoms with E-state index in [0.717, 1.165) is 15.8 Å². The summed E-state index contributed by atoms with van der Waals surface area (Å²) >= 11 is 1.61. The first kappa shape index (κ1) is 19.2. The molecule has 8 heteroatoms. The summed E-state index contributed by atoms with van der Waals surface area (Å²) in [5.74, 6) is 1.21. The van der Waals surface area contributed by atoms with Crippen LogP contribution >= 0.6 is 11.8 Å². The monoisotopic (exact) mass is 422 g/mol. The van der Waals surface area contributed by atoms with E-state index in [4.69, 9.17) is 11.5 Å². The Hall–Kier alpha value is -3.10. The average Bonchev–Trinajstić information content (AvgIpc) is 2.73. The third-order valence-corrected chi connectivity index (χ3v) is 7.27. The molecule has 4 N–H and O–H groups in total. The third-order valence-electron chi connectivity index (χ3n) is 4.40. The summed E-state index contributed by atoms with van der Waals surface area (Å²) in [6.45, 7) is 0. The van der Waals surface area contributed by atoms with Crippen LogP contribution in [0.15, 0.2) is 87.5 Å². The normalized spacial score (nSPS) is 11.6. The van der Waals surface area contributed by atoms with Gasteiger partial charge >= 0.3 is 0 Å². The Balaban J connectivity index is 1.50. The molecule has 0 fully saturated rings. The van der Waals surface area contributed by atoms with Crippen molar-refractivity contribution < 1.29 is 8.42 Å². The highest BCUT2D eigenvalue weighted by molar-refractivity contribution is 7.98. The Morgan fingerprint density at radius 3 is 2.24 bits per heavy atom. The average molecular weight is 423 g/mol. The quantitative estimate of drug-likeness (QED) is 0.469. The molecule has 0 spiro atoms. The molecule has 0 aliphatic heterocycles. The molecule has 4 aromatic rings. The molecular formula is C21H18N4O2S2. The molecule has 0 bridgehead atoms. The lowest BCUT2D eigenvalue weighted by Crippen LogP contribution is -2.01. The van der Waals surface area contributed by atoms with Crippen molar-refractivity contribution in [3.8, 4) is 0 Å². The molecule has 146 valence electrons. The number of nitrogen functional groups attached to an aromatic ring is 2. The van der Waals surface area contributed by atoms with Crippen molar-refractivity contribution >= 4 is 44.3 Å². The van der Waals surface area contributed by atoms with Gasteiger partial charge in [0.25, 0.3) is 0 Å². The van der Waals surface area contributed by atoms with Crippen molar-refractivity contribution in [1.82, 2.24) is 9.97 Å². The molecule has 0 saturated carbocycles. The van der Waals surface area contributed by atoms with Crippen LogP contribution in [0, 0.1) is 0 Å². The van der Waals surface area contributed by atoms with Crippen LogP contribution in [0.5, 0.6) is 0 Å². The van der Waals surface area contributed by atoms with E-state index in [-0.39, 0.29) is 15.7 Å². The maximum Gasteiger partial charge on any atom is 0.222 e. The van der Waals surface area contributed by atoms with E-state index in [1.165, 1.54) is 0 Å². The predicted molar refractivity (Wildman–Crippen MR) is 116 cm³/mol. The molecule has 4 rings (SSSR count). The minimum Gasteiger partial charge on any atom is -0.383 e. The summed E-state index contributed by atoms with van der Waals surface area (Å²) in [7, 11) is -3.50. The number of rotatable bonds is 5. The number of aromatic nitrogens is 2. The fraction of sp³-hybridized carbons (Fsp3) is 0.0476. The van der Waals surface area contributed by atoms with Crippen molar-refractivity contribution in [2.75, 3.05) is 11.5 Å². The Morgan fingerprint density at radius 1 is 0.828 bits per heavy atom. The molecule has 0 saturated heterocycles. The van der Waals surface area contributed by atoms with Crippen LogP contribution in [0.2, 0.25) is 0 Å².